The van der Waals surface area contributed by atoms with Crippen molar-refractivity contribution >= 4 is 13.9 Å². The van der Waals surface area contributed by atoms with Gasteiger partial charge in [0.15, 0.2) is 0 Å². The smallest absolute Gasteiger partial charge is 0.231 e. The summed E-state index contributed by atoms with van der Waals surface area (Å²) in [5.74, 6) is 0.207. The topological polar surface area (TPSA) is 23.6 Å². The second-order valence-electron chi connectivity index (χ2n) is 6.05. The Morgan fingerprint density at radius 3 is 2.50 bits per heavy atom. The van der Waals surface area contributed by atoms with E-state index in [9.17, 15) is 4.79 Å². The molecule has 0 aromatic carbocycles. The monoisotopic (exact) mass is 218 g/mol. The third-order valence-electron chi connectivity index (χ3n) is 4.93. The molecule has 1 saturated carbocycles. The van der Waals surface area contributed by atoms with Gasteiger partial charge < -0.3 is 9.71 Å². The minimum atomic E-state index is -0.145. The molecule has 16 heavy (non-hydrogen) atoms. The molecule has 1 aliphatic carbocycles. The first-order chi connectivity index (χ1) is 7.58. The number of carbonyl (C=O) groups is 1. The highest BCUT2D eigenvalue weighted by atomic mass is 16.2. The Hall–Kier alpha value is -0.505. The van der Waals surface area contributed by atoms with E-state index in [0.29, 0.717) is 0 Å². The molecule has 3 nitrogen and oxygen atoms in total. The average molecular weight is 218 g/mol. The summed E-state index contributed by atoms with van der Waals surface area (Å²) in [7, 11) is 8.18. The van der Waals surface area contributed by atoms with Crippen LogP contribution < -0.4 is 0 Å². The van der Waals surface area contributed by atoms with E-state index in [1.807, 2.05) is 0 Å². The van der Waals surface area contributed by atoms with Gasteiger partial charge in [-0.15, -0.1) is 0 Å². The second kappa shape index (κ2) is 3.25. The van der Waals surface area contributed by atoms with Gasteiger partial charge in [0.1, 0.15) is 0 Å². The highest BCUT2D eigenvalue weighted by Crippen LogP contribution is 2.53. The van der Waals surface area contributed by atoms with Crippen LogP contribution in [-0.2, 0) is 4.79 Å². The molecule has 1 atom stereocenters. The number of amides is 1. The molecule has 2 aliphatic heterocycles. The van der Waals surface area contributed by atoms with Crippen LogP contribution in [0.5, 0.6) is 0 Å². The number of hydrogen-bond donors (Lipinski definition) is 0. The molecule has 2 heterocycles. The summed E-state index contributed by atoms with van der Waals surface area (Å²) in [6, 6.07) is 0. The normalized spacial score (nSPS) is 38.3. The predicted octanol–water partition coefficient (Wildman–Crippen LogP) is 0.937. The van der Waals surface area contributed by atoms with E-state index in [1.165, 1.54) is 12.8 Å². The van der Waals surface area contributed by atoms with Crippen LogP contribution in [0.2, 0.25) is 0 Å². The zero-order valence-corrected chi connectivity index (χ0v) is 10.0. The third-order valence-corrected chi connectivity index (χ3v) is 4.93. The van der Waals surface area contributed by atoms with Crippen molar-refractivity contribution in [1.82, 2.24) is 9.71 Å². The van der Waals surface area contributed by atoms with E-state index in [0.717, 1.165) is 38.8 Å². The van der Waals surface area contributed by atoms with Crippen molar-refractivity contribution in [2.24, 2.45) is 5.41 Å². The highest BCUT2D eigenvalue weighted by molar-refractivity contribution is 6.17. The van der Waals surface area contributed by atoms with Gasteiger partial charge in [-0.05, 0) is 39.3 Å². The summed E-state index contributed by atoms with van der Waals surface area (Å²) in [6.07, 6.45) is 6.68. The first-order valence-electron chi connectivity index (χ1n) is 6.36. The van der Waals surface area contributed by atoms with Crippen LogP contribution in [0.1, 0.15) is 38.5 Å². The first kappa shape index (κ1) is 10.6. The molecule has 0 aromatic heterocycles. The van der Waals surface area contributed by atoms with Crippen molar-refractivity contribution < 1.29 is 4.79 Å². The second-order valence-corrected chi connectivity index (χ2v) is 6.05. The minimum absolute atomic E-state index is 0.0161. The molecule has 1 amide bonds. The lowest BCUT2D eigenvalue weighted by atomic mass is 9.78. The van der Waals surface area contributed by atoms with Crippen molar-refractivity contribution in [3.8, 4) is 0 Å². The Kier molecular flexibility index (Phi) is 2.16. The van der Waals surface area contributed by atoms with Crippen molar-refractivity contribution in [2.75, 3.05) is 20.1 Å². The number of carbonyl (C=O) groups excluding carboxylic acids is 1. The van der Waals surface area contributed by atoms with E-state index in [-0.39, 0.29) is 16.9 Å². The maximum Gasteiger partial charge on any atom is 0.231 e. The van der Waals surface area contributed by atoms with E-state index in [4.69, 9.17) is 7.98 Å². The van der Waals surface area contributed by atoms with Crippen LogP contribution >= 0.6 is 0 Å². The van der Waals surface area contributed by atoms with Gasteiger partial charge in [0, 0.05) is 12.1 Å². The summed E-state index contributed by atoms with van der Waals surface area (Å²) >= 11 is 0. The summed E-state index contributed by atoms with van der Waals surface area (Å²) in [5.41, 5.74) is -0.129. The molecule has 2 spiro atoms. The van der Waals surface area contributed by atoms with Crippen LogP contribution in [0.25, 0.3) is 0 Å². The van der Waals surface area contributed by atoms with Gasteiger partial charge >= 0.3 is 0 Å². The molecule has 3 aliphatic rings. The molecule has 0 N–H and O–H groups in total. The molecule has 0 aromatic rings. The van der Waals surface area contributed by atoms with Crippen molar-refractivity contribution in [2.45, 2.75) is 44.1 Å². The van der Waals surface area contributed by atoms with Gasteiger partial charge in [-0.2, -0.15) is 0 Å². The van der Waals surface area contributed by atoms with Gasteiger partial charge in [0.05, 0.1) is 5.41 Å². The quantitative estimate of drug-likeness (QED) is 0.565. The number of nitrogens with zero attached hydrogens (tertiary/aromatic N) is 2. The SMILES string of the molecule is [B]N1C(=O)C2(CCN(C)C2)CC12CCCC2. The standard InChI is InChI=1S/C12H19BN2O/c1-14-7-6-11(9-14)8-12(4-2-3-5-12)15(13)10(11)16/h2-9H2,1H3. The lowest BCUT2D eigenvalue weighted by Crippen LogP contribution is -2.42. The molecule has 3 rings (SSSR count). The average Bonchev–Trinajstić information content (AvgIpc) is 2.89. The van der Waals surface area contributed by atoms with Crippen LogP contribution in [0, 0.1) is 5.41 Å². The Morgan fingerprint density at radius 2 is 1.94 bits per heavy atom. The molecule has 0 bridgehead atoms. The zero-order chi connectivity index (χ0) is 11.4. The van der Waals surface area contributed by atoms with Crippen molar-refractivity contribution in [1.29, 1.82) is 0 Å². The van der Waals surface area contributed by atoms with Gasteiger partial charge in [0.25, 0.3) is 0 Å². The maximum atomic E-state index is 12.4. The lowest BCUT2D eigenvalue weighted by molar-refractivity contribution is -0.132. The van der Waals surface area contributed by atoms with Crippen LogP contribution in [0.15, 0.2) is 0 Å². The van der Waals surface area contributed by atoms with Crippen molar-refractivity contribution in [3.63, 3.8) is 0 Å². The van der Waals surface area contributed by atoms with Gasteiger partial charge in [-0.25, -0.2) is 0 Å². The van der Waals surface area contributed by atoms with E-state index in [1.54, 1.807) is 4.81 Å². The number of likely N-dealkylation sites (tertiary alicyclic amines) is 1. The van der Waals surface area contributed by atoms with E-state index in [2.05, 4.69) is 11.9 Å². The zero-order valence-electron chi connectivity index (χ0n) is 10.0. The third kappa shape index (κ3) is 1.22. The van der Waals surface area contributed by atoms with Crippen LogP contribution in [0.3, 0.4) is 0 Å². The summed E-state index contributed by atoms with van der Waals surface area (Å²) < 4.78 is 0. The molecule has 2 saturated heterocycles. The summed E-state index contributed by atoms with van der Waals surface area (Å²) in [4.78, 5) is 16.3. The fraction of sp³-hybridized carbons (Fsp3) is 0.917. The van der Waals surface area contributed by atoms with E-state index < -0.39 is 0 Å². The van der Waals surface area contributed by atoms with Crippen LogP contribution in [0.4, 0.5) is 0 Å². The maximum absolute atomic E-state index is 12.4. The molecular formula is C12H19BN2O. The Labute approximate surface area is 98.6 Å². The van der Waals surface area contributed by atoms with Gasteiger partial charge in [-0.1, -0.05) is 12.8 Å². The number of hydrogen-bond acceptors (Lipinski definition) is 2. The molecule has 86 valence electrons. The van der Waals surface area contributed by atoms with Crippen molar-refractivity contribution in [3.05, 3.63) is 0 Å². The number of rotatable bonds is 0. The van der Waals surface area contributed by atoms with Gasteiger partial charge in [0.2, 0.25) is 13.9 Å². The Balaban J connectivity index is 1.91. The molecule has 1 unspecified atom stereocenters. The van der Waals surface area contributed by atoms with E-state index >= 15 is 0 Å². The highest BCUT2D eigenvalue weighted by Gasteiger charge is 2.59. The molecule has 3 fully saturated rings. The molecule has 4 heteroatoms. The largest absolute Gasteiger partial charge is 0.391 e. The van der Waals surface area contributed by atoms with Gasteiger partial charge in [-0.3, -0.25) is 4.79 Å². The Bertz CT molecular complexity index is 327. The summed E-state index contributed by atoms with van der Waals surface area (Å²) in [6.45, 7) is 1.94. The fourth-order valence-electron chi connectivity index (χ4n) is 4.11. The predicted molar refractivity (Wildman–Crippen MR) is 63.0 cm³/mol. The van der Waals surface area contributed by atoms with Crippen LogP contribution in [-0.4, -0.2) is 49.3 Å². The molecular weight excluding hydrogens is 199 g/mol. The minimum Gasteiger partial charge on any atom is -0.391 e. The fourth-order valence-corrected chi connectivity index (χ4v) is 4.11. The molecule has 2 radical (unpaired) electrons. The Morgan fingerprint density at radius 1 is 1.25 bits per heavy atom. The summed E-state index contributed by atoms with van der Waals surface area (Å²) in [5, 5.41) is 0. The first-order valence-corrected chi connectivity index (χ1v) is 6.36. The lowest BCUT2D eigenvalue weighted by Gasteiger charge is -2.32.